The molecule has 158 valence electrons. The fourth-order valence-corrected chi connectivity index (χ4v) is 4.10. The van der Waals surface area contributed by atoms with E-state index < -0.39 is 23.9 Å². The third kappa shape index (κ3) is 4.60. The minimum atomic E-state index is -4.36. The highest BCUT2D eigenvalue weighted by atomic mass is 19.4. The van der Waals surface area contributed by atoms with Crippen LogP contribution in [-0.4, -0.2) is 97.8 Å². The first-order chi connectivity index (χ1) is 13.2. The summed E-state index contributed by atoms with van der Waals surface area (Å²) in [5.74, 6) is 0. The van der Waals surface area contributed by atoms with Gasteiger partial charge in [0.25, 0.3) is 0 Å². The number of likely N-dealkylation sites (N-methyl/N-ethyl adjacent to an activating group) is 1. The van der Waals surface area contributed by atoms with Crippen LogP contribution in [0.2, 0.25) is 0 Å². The predicted molar refractivity (Wildman–Crippen MR) is 99.3 cm³/mol. The minimum absolute atomic E-state index is 0.234. The Balaban J connectivity index is 1.67. The Morgan fingerprint density at radius 1 is 1.14 bits per heavy atom. The van der Waals surface area contributed by atoms with Gasteiger partial charge in [-0.2, -0.15) is 13.2 Å². The Morgan fingerprint density at radius 3 is 2.39 bits per heavy atom. The molecule has 0 aliphatic carbocycles. The Morgan fingerprint density at radius 2 is 1.82 bits per heavy atom. The van der Waals surface area contributed by atoms with E-state index in [0.29, 0.717) is 38.4 Å². The van der Waals surface area contributed by atoms with Crippen molar-refractivity contribution in [3.8, 4) is 0 Å². The first-order valence-corrected chi connectivity index (χ1v) is 9.46. The molecule has 0 unspecified atom stereocenters. The van der Waals surface area contributed by atoms with E-state index in [2.05, 4.69) is 4.90 Å². The summed E-state index contributed by atoms with van der Waals surface area (Å²) in [5.41, 5.74) is -0.0975. The van der Waals surface area contributed by atoms with E-state index in [1.807, 2.05) is 23.9 Å². The summed E-state index contributed by atoms with van der Waals surface area (Å²) in [6.07, 6.45) is -6.00. The molecule has 0 spiro atoms. The summed E-state index contributed by atoms with van der Waals surface area (Å²) in [6, 6.07) is 5.13. The van der Waals surface area contributed by atoms with Gasteiger partial charge in [-0.3, -0.25) is 4.90 Å². The number of halogens is 3. The van der Waals surface area contributed by atoms with Gasteiger partial charge >= 0.3 is 6.18 Å². The van der Waals surface area contributed by atoms with Gasteiger partial charge in [0.2, 0.25) is 0 Å². The number of aliphatic hydroxyl groups excluding tert-OH is 2. The molecule has 6 nitrogen and oxygen atoms in total. The highest BCUT2D eigenvalue weighted by Gasteiger charge is 2.46. The normalized spacial score (nSPS) is 29.6. The Kier molecular flexibility index (Phi) is 6.51. The van der Waals surface area contributed by atoms with E-state index in [1.165, 1.54) is 12.1 Å². The van der Waals surface area contributed by atoms with Crippen molar-refractivity contribution < 1.29 is 28.1 Å². The van der Waals surface area contributed by atoms with E-state index in [0.717, 1.165) is 6.07 Å². The van der Waals surface area contributed by atoms with Crippen LogP contribution in [0.15, 0.2) is 24.3 Å². The smallest absolute Gasteiger partial charge is 0.394 e. The summed E-state index contributed by atoms with van der Waals surface area (Å²) in [7, 11) is 3.84. The zero-order valence-electron chi connectivity index (χ0n) is 16.1. The number of hydrogen-bond acceptors (Lipinski definition) is 6. The quantitative estimate of drug-likeness (QED) is 0.761. The molecular weight excluding hydrogens is 375 g/mol. The van der Waals surface area contributed by atoms with Gasteiger partial charge in [0.05, 0.1) is 24.3 Å². The largest absolute Gasteiger partial charge is 0.416 e. The standard InChI is InChI=1S/C19H28F3N3O3/c1-23(2)11-15-17(18(27)16(12-26)28-15)25-8-6-24(7-9-25)14-5-3-4-13(10-14)19(20,21)22/h3-5,10,15-18,26-27H,6-9,11-12H2,1-2H3/t15-,16-,17-,18+/m0/s1. The number of rotatable bonds is 5. The predicted octanol–water partition coefficient (Wildman–Crippen LogP) is 0.878. The third-order valence-electron chi connectivity index (χ3n) is 5.46. The molecule has 0 aromatic heterocycles. The van der Waals surface area contributed by atoms with Crippen molar-refractivity contribution in [2.75, 3.05) is 58.3 Å². The number of aliphatic hydroxyl groups is 2. The molecule has 0 saturated carbocycles. The van der Waals surface area contributed by atoms with E-state index >= 15 is 0 Å². The maximum Gasteiger partial charge on any atom is 0.416 e. The molecule has 2 saturated heterocycles. The summed E-state index contributed by atoms with van der Waals surface area (Å²) in [6.45, 7) is 2.69. The summed E-state index contributed by atoms with van der Waals surface area (Å²) < 4.78 is 44.7. The third-order valence-corrected chi connectivity index (χ3v) is 5.46. The van der Waals surface area contributed by atoms with Crippen molar-refractivity contribution >= 4 is 5.69 Å². The molecule has 2 fully saturated rings. The zero-order chi connectivity index (χ0) is 20.5. The van der Waals surface area contributed by atoms with E-state index in [1.54, 1.807) is 6.07 Å². The van der Waals surface area contributed by atoms with Gasteiger partial charge in [-0.1, -0.05) is 6.07 Å². The number of ether oxygens (including phenoxy) is 1. The fraction of sp³-hybridized carbons (Fsp3) is 0.684. The van der Waals surface area contributed by atoms with Crippen molar-refractivity contribution in [2.45, 2.75) is 30.5 Å². The van der Waals surface area contributed by atoms with Crippen LogP contribution in [0.5, 0.6) is 0 Å². The number of piperazine rings is 1. The van der Waals surface area contributed by atoms with E-state index in [9.17, 15) is 23.4 Å². The van der Waals surface area contributed by atoms with Crippen LogP contribution >= 0.6 is 0 Å². The van der Waals surface area contributed by atoms with Crippen molar-refractivity contribution in [1.82, 2.24) is 9.80 Å². The van der Waals surface area contributed by atoms with Gasteiger partial charge < -0.3 is 24.7 Å². The van der Waals surface area contributed by atoms with Gasteiger partial charge in [0.15, 0.2) is 0 Å². The molecule has 28 heavy (non-hydrogen) atoms. The van der Waals surface area contributed by atoms with Crippen LogP contribution in [0.3, 0.4) is 0 Å². The maximum atomic E-state index is 13.0. The molecule has 0 radical (unpaired) electrons. The van der Waals surface area contributed by atoms with Crippen LogP contribution in [0.4, 0.5) is 18.9 Å². The molecule has 2 N–H and O–H groups in total. The molecule has 2 aliphatic rings. The molecule has 3 rings (SSSR count). The van der Waals surface area contributed by atoms with Crippen molar-refractivity contribution in [3.63, 3.8) is 0 Å². The fourth-order valence-electron chi connectivity index (χ4n) is 4.10. The number of anilines is 1. The van der Waals surface area contributed by atoms with Crippen molar-refractivity contribution in [3.05, 3.63) is 29.8 Å². The lowest BCUT2D eigenvalue weighted by molar-refractivity contribution is -0.137. The second-order valence-electron chi connectivity index (χ2n) is 7.71. The second-order valence-corrected chi connectivity index (χ2v) is 7.71. The maximum absolute atomic E-state index is 13.0. The summed E-state index contributed by atoms with van der Waals surface area (Å²) >= 11 is 0. The number of hydrogen-bond donors (Lipinski definition) is 2. The molecule has 0 amide bonds. The average Bonchev–Trinajstić information content (AvgIpc) is 2.96. The Bertz CT molecular complexity index is 651. The first-order valence-electron chi connectivity index (χ1n) is 9.46. The van der Waals surface area contributed by atoms with Crippen molar-refractivity contribution in [1.29, 1.82) is 0 Å². The lowest BCUT2D eigenvalue weighted by Gasteiger charge is -2.41. The minimum Gasteiger partial charge on any atom is -0.394 e. The first kappa shape index (κ1) is 21.3. The van der Waals surface area contributed by atoms with E-state index in [-0.39, 0.29) is 18.8 Å². The zero-order valence-corrected chi connectivity index (χ0v) is 16.1. The van der Waals surface area contributed by atoms with E-state index in [4.69, 9.17) is 4.74 Å². The van der Waals surface area contributed by atoms with Gasteiger partial charge in [-0.25, -0.2) is 0 Å². The SMILES string of the molecule is CN(C)C[C@@H]1O[C@@H](CO)[C@@H](O)[C@H]1N1CCN(c2cccc(C(F)(F)F)c2)CC1. The highest BCUT2D eigenvalue weighted by molar-refractivity contribution is 5.49. The van der Waals surface area contributed by atoms with Gasteiger partial charge in [-0.15, -0.1) is 0 Å². The Hall–Kier alpha value is -1.39. The van der Waals surface area contributed by atoms with Gasteiger partial charge in [0, 0.05) is 38.4 Å². The van der Waals surface area contributed by atoms with Crippen LogP contribution in [0.25, 0.3) is 0 Å². The molecule has 2 aliphatic heterocycles. The molecule has 9 heteroatoms. The van der Waals surface area contributed by atoms with Gasteiger partial charge in [0.1, 0.15) is 12.2 Å². The number of alkyl halides is 3. The number of benzene rings is 1. The average molecular weight is 403 g/mol. The molecule has 0 bridgehead atoms. The molecule has 4 atom stereocenters. The van der Waals surface area contributed by atoms with Crippen LogP contribution < -0.4 is 4.90 Å². The topological polar surface area (TPSA) is 59.4 Å². The van der Waals surface area contributed by atoms with Crippen LogP contribution in [-0.2, 0) is 10.9 Å². The Labute approximate surface area is 163 Å². The summed E-state index contributed by atoms with van der Waals surface area (Å²) in [5, 5.41) is 20.1. The highest BCUT2D eigenvalue weighted by Crippen LogP contribution is 2.32. The number of nitrogens with zero attached hydrogens (tertiary/aromatic N) is 3. The van der Waals surface area contributed by atoms with Crippen LogP contribution in [0.1, 0.15) is 5.56 Å². The molecule has 2 heterocycles. The second kappa shape index (κ2) is 8.54. The monoisotopic (exact) mass is 403 g/mol. The molecule has 1 aromatic carbocycles. The lowest BCUT2D eigenvalue weighted by Crippen LogP contribution is -2.57. The van der Waals surface area contributed by atoms with Crippen molar-refractivity contribution in [2.24, 2.45) is 0 Å². The molecular formula is C19H28F3N3O3. The lowest BCUT2D eigenvalue weighted by atomic mass is 10.0. The molecule has 1 aromatic rings. The van der Waals surface area contributed by atoms with Crippen LogP contribution in [0, 0.1) is 0 Å². The van der Waals surface area contributed by atoms with Gasteiger partial charge in [-0.05, 0) is 32.3 Å². The summed E-state index contributed by atoms with van der Waals surface area (Å²) in [4.78, 5) is 6.03.